The Morgan fingerprint density at radius 2 is 0.607 bits per heavy atom. The van der Waals surface area contributed by atoms with Crippen LogP contribution >= 0.6 is 15.9 Å². The largest absolute Gasteiger partial charge is 0.399 e. The first-order chi connectivity index (χ1) is 43.3. The summed E-state index contributed by atoms with van der Waals surface area (Å²) >= 11 is 3.73. The number of nitrogens with two attached hydrogens (primary N) is 1. The lowest BCUT2D eigenvalue weighted by Gasteiger charge is -2.30. The van der Waals surface area contributed by atoms with E-state index in [0.29, 0.717) is 0 Å². The van der Waals surface area contributed by atoms with Gasteiger partial charge in [0.05, 0.1) is 11.4 Å². The van der Waals surface area contributed by atoms with Crippen molar-refractivity contribution in [3.05, 3.63) is 331 Å². The van der Waals surface area contributed by atoms with Crippen LogP contribution in [0.2, 0.25) is 0 Å². The van der Waals surface area contributed by atoms with Gasteiger partial charge in [0.2, 0.25) is 0 Å². The number of fused-ring (bicyclic) bond motifs is 4. The second-order valence-electron chi connectivity index (χ2n) is 24.6. The highest BCUT2D eigenvalue weighted by Crippen LogP contribution is 2.51. The van der Waals surface area contributed by atoms with Crippen LogP contribution < -0.4 is 20.9 Å². The van der Waals surface area contributed by atoms with Crippen molar-refractivity contribution in [2.75, 3.05) is 20.9 Å². The normalized spacial score (nSPS) is 11.4. The quantitative estimate of drug-likeness (QED) is 0.106. The van der Waals surface area contributed by atoms with E-state index in [4.69, 9.17) is 5.73 Å². The van der Waals surface area contributed by atoms with Gasteiger partial charge in [-0.05, 0) is 151 Å². The van der Waals surface area contributed by atoms with E-state index >= 15 is 0 Å². The molecule has 14 rings (SSSR count). The Kier molecular flexibility index (Phi) is 17.3. The van der Waals surface area contributed by atoms with Gasteiger partial charge >= 0.3 is 0 Å². The van der Waals surface area contributed by atoms with E-state index in [-0.39, 0.29) is 10.8 Å². The zero-order valence-electron chi connectivity index (χ0n) is 51.4. The van der Waals surface area contributed by atoms with Gasteiger partial charge in [0.15, 0.2) is 0 Å². The maximum absolute atomic E-state index is 5.36. The molecule has 0 saturated heterocycles. The number of benzene rings is 14. The van der Waals surface area contributed by atoms with Gasteiger partial charge in [-0.1, -0.05) is 288 Å². The van der Waals surface area contributed by atoms with Gasteiger partial charge in [-0.2, -0.15) is 0 Å². The Morgan fingerprint density at radius 1 is 0.292 bits per heavy atom. The number of rotatable bonds is 10. The van der Waals surface area contributed by atoms with Crippen LogP contribution in [0.5, 0.6) is 0 Å². The third-order valence-electron chi connectivity index (χ3n) is 16.4. The van der Waals surface area contributed by atoms with Crippen LogP contribution in [0.3, 0.4) is 0 Å². The highest BCUT2D eigenvalue weighted by atomic mass is 79.9. The number of anilines is 9. The lowest BCUT2D eigenvalue weighted by Crippen LogP contribution is -2.14. The van der Waals surface area contributed by atoms with Crippen LogP contribution in [-0.2, 0) is 10.8 Å². The molecule has 0 bridgehead atoms. The van der Waals surface area contributed by atoms with E-state index < -0.39 is 0 Å². The van der Waals surface area contributed by atoms with E-state index in [2.05, 4.69) is 352 Å². The topological polar surface area (TPSA) is 44.5 Å². The van der Waals surface area contributed by atoms with Gasteiger partial charge in [-0.3, -0.25) is 0 Å². The van der Waals surface area contributed by atoms with Crippen molar-refractivity contribution >= 4 is 110 Å². The van der Waals surface area contributed by atoms with Crippen LogP contribution in [0.4, 0.5) is 51.2 Å². The molecule has 89 heavy (non-hydrogen) atoms. The van der Waals surface area contributed by atoms with Crippen molar-refractivity contribution < 1.29 is 0 Å². The third-order valence-corrected chi connectivity index (χ3v) is 16.9. The van der Waals surface area contributed by atoms with Gasteiger partial charge in [0, 0.05) is 65.8 Å². The monoisotopic (exact) mass is 1220 g/mol. The SMILES string of the molecule is CC(C)(C)c1ccc(N(c2cccc(Br)c2)c2c3ccccc3c(-c3ccccc3)c3ccccc23)cc1.CC(C)(C)c1ccc(N(c2cccc(Nc3ccccc3)c2)c2c3ccccc3c(-c3ccccc3)c3ccccc23)cc1.Nc1ccccc1. The smallest absolute Gasteiger partial charge is 0.0618 e. The molecule has 0 radical (unpaired) electrons. The van der Waals surface area contributed by atoms with E-state index in [1.165, 1.54) is 87.8 Å². The number of nitrogens with one attached hydrogen (secondary N) is 1. The summed E-state index contributed by atoms with van der Waals surface area (Å²) in [6, 6.07) is 112. The van der Waals surface area contributed by atoms with Crippen molar-refractivity contribution in [1.29, 1.82) is 0 Å². The molecule has 0 aromatic heterocycles. The van der Waals surface area contributed by atoms with Crippen molar-refractivity contribution in [2.24, 2.45) is 0 Å². The second-order valence-corrected chi connectivity index (χ2v) is 25.5. The van der Waals surface area contributed by atoms with Crippen molar-refractivity contribution in [1.82, 2.24) is 0 Å². The fourth-order valence-corrected chi connectivity index (χ4v) is 12.4. The van der Waals surface area contributed by atoms with E-state index in [1.54, 1.807) is 0 Å². The van der Waals surface area contributed by atoms with E-state index in [0.717, 1.165) is 44.3 Å². The van der Waals surface area contributed by atoms with E-state index in [1.807, 2.05) is 36.4 Å². The van der Waals surface area contributed by atoms with Crippen LogP contribution in [0.1, 0.15) is 52.7 Å². The number of nitrogens with zero attached hydrogens (tertiary/aromatic N) is 2. The average molecular weight is 1220 g/mol. The molecule has 0 aliphatic rings. The van der Waals surface area contributed by atoms with Crippen molar-refractivity contribution in [3.8, 4) is 22.3 Å². The Balaban J connectivity index is 0.000000157. The number of para-hydroxylation sites is 2. The average Bonchev–Trinajstić information content (AvgIpc) is 0.814. The third kappa shape index (κ3) is 12.9. The molecule has 0 amide bonds. The number of nitrogen functional groups attached to an aromatic ring is 1. The summed E-state index contributed by atoms with van der Waals surface area (Å²) in [6.45, 7) is 13.6. The van der Waals surface area contributed by atoms with Gasteiger partial charge in [0.1, 0.15) is 0 Å². The molecule has 5 heteroatoms. The van der Waals surface area contributed by atoms with Gasteiger partial charge in [0.25, 0.3) is 0 Å². The molecule has 4 nitrogen and oxygen atoms in total. The molecule has 14 aromatic carbocycles. The molecule has 436 valence electrons. The Labute approximate surface area is 533 Å². The van der Waals surface area contributed by atoms with Gasteiger partial charge in [-0.15, -0.1) is 0 Å². The summed E-state index contributed by atoms with van der Waals surface area (Å²) in [5, 5.41) is 13.5. The zero-order chi connectivity index (χ0) is 61.5. The number of halogens is 1. The van der Waals surface area contributed by atoms with Crippen LogP contribution in [-0.4, -0.2) is 0 Å². The maximum Gasteiger partial charge on any atom is 0.0618 e. The lowest BCUT2D eigenvalue weighted by atomic mass is 9.87. The minimum Gasteiger partial charge on any atom is -0.399 e. The summed E-state index contributed by atoms with van der Waals surface area (Å²) < 4.78 is 1.06. The molecular weight excluding hydrogens is 1140 g/mol. The van der Waals surface area contributed by atoms with Crippen molar-refractivity contribution in [2.45, 2.75) is 52.4 Å². The number of hydrogen-bond acceptors (Lipinski definition) is 4. The van der Waals surface area contributed by atoms with Gasteiger partial charge < -0.3 is 20.9 Å². The predicted octanol–water partition coefficient (Wildman–Crippen LogP) is 24.6. The standard InChI is InChI=1S/C42H36N2.C36H30BrN.C6H7N/c1-42(2,3)31-25-27-34(28-26-31)44(35-20-14-19-33(29-35)43-32-17-8-5-9-18-32)41-38-23-12-10-21-36(38)40(30-15-6-4-7-16-30)37-22-11-13-24-39(37)41;1-36(2,3)26-20-22-28(23-21-26)38(29-15-11-14-27(37)24-29)35-32-18-9-7-16-30(32)34(25-12-5-4-6-13-25)31-17-8-10-19-33(31)35;7-6-4-2-1-3-5-6/h4-29,43H,1-3H3;4-24H,1-3H3;1-5H,7H2. The molecule has 0 aliphatic carbocycles. The molecular formula is C84H73BrN4. The first-order valence-electron chi connectivity index (χ1n) is 30.6. The zero-order valence-corrected chi connectivity index (χ0v) is 53.0. The Hall–Kier alpha value is -10.2. The summed E-state index contributed by atoms with van der Waals surface area (Å²) in [6.07, 6.45) is 0. The fraction of sp³-hybridized carbons (Fsp3) is 0.0952. The Morgan fingerprint density at radius 3 is 0.955 bits per heavy atom. The summed E-state index contributed by atoms with van der Waals surface area (Å²) in [5.41, 5.74) is 22.9. The molecule has 0 fully saturated rings. The Bertz CT molecular complexity index is 4590. The van der Waals surface area contributed by atoms with Crippen molar-refractivity contribution in [3.63, 3.8) is 0 Å². The molecule has 3 N–H and O–H groups in total. The summed E-state index contributed by atoms with van der Waals surface area (Å²) in [7, 11) is 0. The summed E-state index contributed by atoms with van der Waals surface area (Å²) in [4.78, 5) is 4.85. The first-order valence-corrected chi connectivity index (χ1v) is 31.3. The molecule has 0 spiro atoms. The van der Waals surface area contributed by atoms with Gasteiger partial charge in [-0.25, -0.2) is 0 Å². The van der Waals surface area contributed by atoms with E-state index in [9.17, 15) is 0 Å². The molecule has 0 atom stereocenters. The highest BCUT2D eigenvalue weighted by molar-refractivity contribution is 9.10. The molecule has 0 heterocycles. The highest BCUT2D eigenvalue weighted by Gasteiger charge is 2.26. The van der Waals surface area contributed by atoms with Crippen LogP contribution in [0.15, 0.2) is 320 Å². The molecule has 0 unspecified atom stereocenters. The van der Waals surface area contributed by atoms with Crippen LogP contribution in [0.25, 0.3) is 65.3 Å². The minimum absolute atomic E-state index is 0.0691. The van der Waals surface area contributed by atoms with Crippen LogP contribution in [0, 0.1) is 0 Å². The molecule has 0 aliphatic heterocycles. The fourth-order valence-electron chi connectivity index (χ4n) is 12.0. The lowest BCUT2D eigenvalue weighted by molar-refractivity contribution is 0.590. The minimum atomic E-state index is 0.0691. The summed E-state index contributed by atoms with van der Waals surface area (Å²) in [5.74, 6) is 0. The number of hydrogen-bond donors (Lipinski definition) is 2. The molecule has 0 saturated carbocycles. The predicted molar refractivity (Wildman–Crippen MR) is 389 cm³/mol. The first kappa shape index (κ1) is 59.1. The maximum atomic E-state index is 5.36. The second kappa shape index (κ2) is 26.0. The molecule has 14 aromatic rings.